The molecule has 0 saturated carbocycles. The quantitative estimate of drug-likeness (QED) is 0.928. The molecular weight excluding hydrogens is 277 g/mol. The van der Waals surface area contributed by atoms with Gasteiger partial charge in [-0.15, -0.1) is 0 Å². The van der Waals surface area contributed by atoms with Gasteiger partial charge in [-0.3, -0.25) is 4.21 Å². The molecule has 0 atom stereocenters. The van der Waals surface area contributed by atoms with Gasteiger partial charge < -0.3 is 5.32 Å². The molecule has 17 heavy (non-hydrogen) atoms. The van der Waals surface area contributed by atoms with Crippen LogP contribution >= 0.6 is 23.2 Å². The monoisotopic (exact) mass is 291 g/mol. The van der Waals surface area contributed by atoms with E-state index in [1.807, 2.05) is 12.1 Å². The molecule has 0 spiro atoms. The van der Waals surface area contributed by atoms with Gasteiger partial charge in [-0.25, -0.2) is 0 Å². The van der Waals surface area contributed by atoms with Crippen LogP contribution in [0.1, 0.15) is 18.4 Å². The van der Waals surface area contributed by atoms with Crippen LogP contribution in [0.3, 0.4) is 0 Å². The molecule has 2 nitrogen and oxygen atoms in total. The lowest BCUT2D eigenvalue weighted by atomic mass is 10.1. The van der Waals surface area contributed by atoms with Crippen LogP contribution in [0, 0.1) is 0 Å². The van der Waals surface area contributed by atoms with E-state index in [4.69, 9.17) is 23.2 Å². The first-order valence-electron chi connectivity index (χ1n) is 5.67. The highest BCUT2D eigenvalue weighted by Crippen LogP contribution is 2.21. The molecule has 0 unspecified atom stereocenters. The highest BCUT2D eigenvalue weighted by molar-refractivity contribution is 7.85. The molecule has 1 aliphatic rings. The molecule has 5 heteroatoms. The molecule has 1 N–H and O–H groups in total. The summed E-state index contributed by atoms with van der Waals surface area (Å²) in [4.78, 5) is 0. The zero-order valence-electron chi connectivity index (χ0n) is 9.42. The second-order valence-corrected chi connectivity index (χ2v) is 6.78. The van der Waals surface area contributed by atoms with Crippen molar-refractivity contribution in [3.8, 4) is 0 Å². The van der Waals surface area contributed by atoms with E-state index in [2.05, 4.69) is 5.32 Å². The van der Waals surface area contributed by atoms with Gasteiger partial charge in [0.25, 0.3) is 0 Å². The lowest BCUT2D eigenvalue weighted by molar-refractivity contribution is 0.475. The number of hydrogen-bond acceptors (Lipinski definition) is 2. The zero-order chi connectivity index (χ0) is 12.3. The van der Waals surface area contributed by atoms with Gasteiger partial charge in [-0.05, 0) is 36.6 Å². The molecule has 1 aliphatic heterocycles. The summed E-state index contributed by atoms with van der Waals surface area (Å²) in [5, 5.41) is 4.89. The molecule has 0 aliphatic carbocycles. The number of hydrogen-bond donors (Lipinski definition) is 1. The van der Waals surface area contributed by atoms with E-state index in [0.717, 1.165) is 41.5 Å². The van der Waals surface area contributed by atoms with Crippen LogP contribution in [-0.2, 0) is 17.3 Å². The first-order valence-corrected chi connectivity index (χ1v) is 7.92. The normalized spacial score (nSPS) is 24.8. The Morgan fingerprint density at radius 2 is 2.00 bits per heavy atom. The van der Waals surface area contributed by atoms with Crippen molar-refractivity contribution in [3.05, 3.63) is 33.8 Å². The molecule has 1 aromatic carbocycles. The lowest BCUT2D eigenvalue weighted by Crippen LogP contribution is -2.35. The maximum Gasteiger partial charge on any atom is 0.0451 e. The van der Waals surface area contributed by atoms with Crippen molar-refractivity contribution in [1.29, 1.82) is 0 Å². The van der Waals surface area contributed by atoms with Crippen LogP contribution in [-0.4, -0.2) is 21.8 Å². The van der Waals surface area contributed by atoms with E-state index in [-0.39, 0.29) is 0 Å². The predicted molar refractivity (Wildman–Crippen MR) is 74.2 cm³/mol. The molecule has 1 heterocycles. The van der Waals surface area contributed by atoms with Gasteiger partial charge in [0.15, 0.2) is 0 Å². The maximum atomic E-state index is 11.2. The third-order valence-electron chi connectivity index (χ3n) is 2.98. The van der Waals surface area contributed by atoms with Crippen molar-refractivity contribution in [2.24, 2.45) is 0 Å². The molecular formula is C12H15Cl2NOS. The Morgan fingerprint density at radius 3 is 2.71 bits per heavy atom. The van der Waals surface area contributed by atoms with Crippen molar-refractivity contribution in [1.82, 2.24) is 5.32 Å². The van der Waals surface area contributed by atoms with Crippen molar-refractivity contribution in [3.63, 3.8) is 0 Å². The summed E-state index contributed by atoms with van der Waals surface area (Å²) in [5.74, 6) is 1.61. The van der Waals surface area contributed by atoms with Crippen molar-refractivity contribution >= 4 is 34.0 Å². The Labute approximate surface area is 114 Å². The fourth-order valence-electron chi connectivity index (χ4n) is 1.93. The van der Waals surface area contributed by atoms with Gasteiger partial charge in [0.05, 0.1) is 0 Å². The Bertz CT molecular complexity index is 415. The fraction of sp³-hybridized carbons (Fsp3) is 0.500. The lowest BCUT2D eigenvalue weighted by Gasteiger charge is -2.22. The van der Waals surface area contributed by atoms with E-state index in [1.165, 1.54) is 0 Å². The molecule has 94 valence electrons. The topological polar surface area (TPSA) is 29.1 Å². The summed E-state index contributed by atoms with van der Waals surface area (Å²) >= 11 is 12.0. The molecule has 0 aromatic heterocycles. The summed E-state index contributed by atoms with van der Waals surface area (Å²) in [6, 6.07) is 5.94. The minimum Gasteiger partial charge on any atom is -0.310 e. The number of rotatable bonds is 3. The third kappa shape index (κ3) is 3.95. The van der Waals surface area contributed by atoms with E-state index in [1.54, 1.807) is 6.07 Å². The van der Waals surface area contributed by atoms with E-state index in [9.17, 15) is 4.21 Å². The van der Waals surface area contributed by atoms with Gasteiger partial charge in [-0.2, -0.15) is 0 Å². The second-order valence-electron chi connectivity index (χ2n) is 4.24. The fourth-order valence-corrected chi connectivity index (χ4v) is 3.61. The summed E-state index contributed by atoms with van der Waals surface area (Å²) < 4.78 is 11.2. The van der Waals surface area contributed by atoms with E-state index >= 15 is 0 Å². The Hall–Kier alpha value is -0.0900. The molecule has 0 bridgehead atoms. The Morgan fingerprint density at radius 1 is 1.29 bits per heavy atom. The van der Waals surface area contributed by atoms with Crippen LogP contribution in [0.25, 0.3) is 0 Å². The minimum atomic E-state index is -0.604. The standard InChI is InChI=1S/C12H15Cl2NOS/c13-10-1-2-12(14)9(7-10)8-15-11-3-5-17(16)6-4-11/h1-2,7,11,15H,3-6,8H2. The molecule has 1 saturated heterocycles. The minimum absolute atomic E-state index is 0.447. The van der Waals surface area contributed by atoms with Crippen molar-refractivity contribution in [2.45, 2.75) is 25.4 Å². The van der Waals surface area contributed by atoms with Crippen LogP contribution in [0.5, 0.6) is 0 Å². The average Bonchev–Trinajstić information content (AvgIpc) is 2.32. The Kier molecular flexibility index (Phi) is 4.86. The van der Waals surface area contributed by atoms with Crippen LogP contribution in [0.15, 0.2) is 18.2 Å². The second kappa shape index (κ2) is 6.19. The number of benzene rings is 1. The van der Waals surface area contributed by atoms with Crippen LogP contribution in [0.2, 0.25) is 10.0 Å². The SMILES string of the molecule is O=S1CCC(NCc2cc(Cl)ccc2Cl)CC1. The Balaban J connectivity index is 1.89. The summed E-state index contributed by atoms with van der Waals surface area (Å²) in [6.45, 7) is 0.719. The number of halogens is 2. The van der Waals surface area contributed by atoms with Gasteiger partial charge in [0.2, 0.25) is 0 Å². The average molecular weight is 292 g/mol. The summed E-state index contributed by atoms with van der Waals surface area (Å²) in [7, 11) is -0.604. The largest absolute Gasteiger partial charge is 0.310 e. The smallest absolute Gasteiger partial charge is 0.0451 e. The van der Waals surface area contributed by atoms with Gasteiger partial charge >= 0.3 is 0 Å². The van der Waals surface area contributed by atoms with Crippen LogP contribution < -0.4 is 5.32 Å². The maximum absolute atomic E-state index is 11.2. The van der Waals surface area contributed by atoms with E-state index in [0.29, 0.717) is 11.1 Å². The zero-order valence-corrected chi connectivity index (χ0v) is 11.7. The van der Waals surface area contributed by atoms with E-state index < -0.39 is 10.8 Å². The molecule has 0 amide bonds. The first-order chi connectivity index (χ1) is 8.15. The number of nitrogens with one attached hydrogen (secondary N) is 1. The predicted octanol–water partition coefficient (Wildman–Crippen LogP) is 2.99. The van der Waals surface area contributed by atoms with Gasteiger partial charge in [0.1, 0.15) is 0 Å². The molecule has 0 radical (unpaired) electrons. The van der Waals surface area contributed by atoms with Crippen molar-refractivity contribution < 1.29 is 4.21 Å². The summed E-state index contributed by atoms with van der Waals surface area (Å²) in [5.41, 5.74) is 1.02. The summed E-state index contributed by atoms with van der Waals surface area (Å²) in [6.07, 6.45) is 1.95. The highest BCUT2D eigenvalue weighted by Gasteiger charge is 2.17. The van der Waals surface area contributed by atoms with Gasteiger partial charge in [-0.1, -0.05) is 23.2 Å². The highest BCUT2D eigenvalue weighted by atomic mass is 35.5. The molecule has 2 rings (SSSR count). The molecule has 1 aromatic rings. The molecule has 1 fully saturated rings. The van der Waals surface area contributed by atoms with Crippen LogP contribution in [0.4, 0.5) is 0 Å². The van der Waals surface area contributed by atoms with Gasteiger partial charge in [0, 0.05) is 44.9 Å². The van der Waals surface area contributed by atoms with Crippen molar-refractivity contribution in [2.75, 3.05) is 11.5 Å². The first kappa shape index (κ1) is 13.3. The third-order valence-corrected chi connectivity index (χ3v) is 4.96.